The number of ether oxygens (including phenoxy) is 1. The van der Waals surface area contributed by atoms with Gasteiger partial charge in [-0.15, -0.1) is 0 Å². The first-order chi connectivity index (χ1) is 12.7. The smallest absolute Gasteiger partial charge is 0.273 e. The zero-order chi connectivity index (χ0) is 18.5. The van der Waals surface area contributed by atoms with E-state index in [0.29, 0.717) is 35.9 Å². The van der Waals surface area contributed by atoms with Crippen molar-refractivity contribution in [1.82, 2.24) is 14.3 Å². The lowest BCUT2D eigenvalue weighted by Gasteiger charge is -2.22. The topological polar surface area (TPSA) is 67.1 Å². The third kappa shape index (κ3) is 3.55. The van der Waals surface area contributed by atoms with Gasteiger partial charge in [0.25, 0.3) is 5.91 Å². The zero-order valence-electron chi connectivity index (χ0n) is 15.1. The molecule has 0 radical (unpaired) electrons. The van der Waals surface area contributed by atoms with Crippen LogP contribution < -0.4 is 4.74 Å². The monoisotopic (exact) mass is 353 g/mol. The number of carbonyl (C=O) groups excluding carboxylic acids is 1. The number of hydrogen-bond donors (Lipinski definition) is 1. The van der Waals surface area contributed by atoms with Gasteiger partial charge in [0.05, 0.1) is 18.9 Å². The number of nitrogens with zero attached hydrogens (tertiary/aromatic N) is 3. The lowest BCUT2D eigenvalue weighted by atomic mass is 10.2. The molecule has 0 spiro atoms. The Balaban J connectivity index is 1.99. The highest BCUT2D eigenvalue weighted by Gasteiger charge is 2.23. The van der Waals surface area contributed by atoms with Crippen molar-refractivity contribution in [2.45, 2.75) is 20.4 Å². The Morgan fingerprint density at radius 2 is 2.00 bits per heavy atom. The van der Waals surface area contributed by atoms with Crippen molar-refractivity contribution in [2.75, 3.05) is 19.8 Å². The van der Waals surface area contributed by atoms with E-state index in [4.69, 9.17) is 4.74 Å². The first kappa shape index (κ1) is 17.9. The van der Waals surface area contributed by atoms with E-state index in [1.807, 2.05) is 62.5 Å². The molecule has 0 aliphatic rings. The van der Waals surface area contributed by atoms with Crippen LogP contribution in [0.15, 0.2) is 48.7 Å². The van der Waals surface area contributed by atoms with Crippen LogP contribution in [0.5, 0.6) is 5.75 Å². The Hall–Kier alpha value is -2.86. The number of benzene rings is 1. The van der Waals surface area contributed by atoms with Gasteiger partial charge in [-0.3, -0.25) is 9.20 Å². The number of aryl methyl sites for hydroxylation is 1. The summed E-state index contributed by atoms with van der Waals surface area (Å²) in [7, 11) is 0. The maximum absolute atomic E-state index is 13.2. The highest BCUT2D eigenvalue weighted by Crippen LogP contribution is 2.23. The summed E-state index contributed by atoms with van der Waals surface area (Å²) >= 11 is 0. The second-order valence-corrected chi connectivity index (χ2v) is 5.98. The largest absolute Gasteiger partial charge is 0.490 e. The van der Waals surface area contributed by atoms with Crippen LogP contribution in [0.2, 0.25) is 0 Å². The Morgan fingerprint density at radius 3 is 2.69 bits per heavy atom. The molecule has 2 aromatic heterocycles. The minimum atomic E-state index is -0.165. The number of hydrogen-bond acceptors (Lipinski definition) is 4. The molecule has 0 fully saturated rings. The van der Waals surface area contributed by atoms with E-state index in [0.717, 1.165) is 5.56 Å². The molecule has 0 unspecified atom stereocenters. The minimum absolute atomic E-state index is 0.0987. The first-order valence-corrected chi connectivity index (χ1v) is 8.70. The van der Waals surface area contributed by atoms with Gasteiger partial charge < -0.3 is 14.7 Å². The van der Waals surface area contributed by atoms with Gasteiger partial charge >= 0.3 is 0 Å². The molecule has 0 saturated heterocycles. The maximum Gasteiger partial charge on any atom is 0.273 e. The van der Waals surface area contributed by atoms with Crippen LogP contribution in [-0.4, -0.2) is 45.1 Å². The fourth-order valence-electron chi connectivity index (χ4n) is 3.01. The zero-order valence-corrected chi connectivity index (χ0v) is 15.1. The first-order valence-electron chi connectivity index (χ1n) is 8.70. The quantitative estimate of drug-likeness (QED) is 0.709. The molecular formula is C20H23N3O3. The molecule has 6 nitrogen and oxygen atoms in total. The van der Waals surface area contributed by atoms with Gasteiger partial charge in [-0.2, -0.15) is 0 Å². The van der Waals surface area contributed by atoms with Crippen LogP contribution in [-0.2, 0) is 6.54 Å². The van der Waals surface area contributed by atoms with Crippen molar-refractivity contribution in [2.24, 2.45) is 0 Å². The van der Waals surface area contributed by atoms with E-state index in [1.54, 1.807) is 9.30 Å². The number of fused-ring (bicyclic) bond motifs is 1. The number of amides is 1. The van der Waals surface area contributed by atoms with Crippen molar-refractivity contribution in [1.29, 1.82) is 0 Å². The minimum Gasteiger partial charge on any atom is -0.490 e. The predicted octanol–water partition coefficient (Wildman–Crippen LogP) is 2.68. The number of carbonyl (C=O) groups is 1. The molecule has 0 aliphatic heterocycles. The summed E-state index contributed by atoms with van der Waals surface area (Å²) in [5.41, 5.74) is 2.76. The number of imidazole rings is 1. The number of pyridine rings is 1. The lowest BCUT2D eigenvalue weighted by Crippen LogP contribution is -2.34. The standard InChI is InChI=1S/C20H23N3O3/c1-3-26-17-10-7-11-23-18(15(2)21-19(17)23)20(25)22(12-13-24)14-16-8-5-4-6-9-16/h4-11,24H,3,12-14H2,1-2H3. The molecule has 0 bridgehead atoms. The number of aliphatic hydroxyl groups is 1. The van der Waals surface area contributed by atoms with Gasteiger partial charge in [0, 0.05) is 19.3 Å². The Kier molecular flexibility index (Phi) is 5.53. The predicted molar refractivity (Wildman–Crippen MR) is 99.4 cm³/mol. The molecule has 3 aromatic rings. The summed E-state index contributed by atoms with van der Waals surface area (Å²) in [5, 5.41) is 9.42. The van der Waals surface area contributed by atoms with E-state index in [-0.39, 0.29) is 19.1 Å². The summed E-state index contributed by atoms with van der Waals surface area (Å²) in [6, 6.07) is 13.4. The summed E-state index contributed by atoms with van der Waals surface area (Å²) in [4.78, 5) is 19.4. The van der Waals surface area contributed by atoms with Gasteiger partial charge in [-0.1, -0.05) is 30.3 Å². The van der Waals surface area contributed by atoms with Gasteiger partial charge in [0.2, 0.25) is 0 Å². The Morgan fingerprint density at radius 1 is 1.23 bits per heavy atom. The van der Waals surface area contributed by atoms with Gasteiger partial charge in [-0.05, 0) is 31.5 Å². The fourth-order valence-corrected chi connectivity index (χ4v) is 3.01. The Labute approximate surface area is 152 Å². The molecule has 0 saturated carbocycles. The summed E-state index contributed by atoms with van der Waals surface area (Å²) < 4.78 is 7.38. The van der Waals surface area contributed by atoms with Crippen molar-refractivity contribution in [3.05, 3.63) is 65.6 Å². The number of aliphatic hydroxyl groups excluding tert-OH is 1. The molecule has 6 heteroatoms. The summed E-state index contributed by atoms with van der Waals surface area (Å²) in [5.74, 6) is 0.482. The van der Waals surface area contributed by atoms with Crippen LogP contribution >= 0.6 is 0 Å². The maximum atomic E-state index is 13.2. The highest BCUT2D eigenvalue weighted by atomic mass is 16.5. The second-order valence-electron chi connectivity index (χ2n) is 5.98. The average Bonchev–Trinajstić information content (AvgIpc) is 2.99. The summed E-state index contributed by atoms with van der Waals surface area (Å²) in [6.45, 7) is 4.84. The summed E-state index contributed by atoms with van der Waals surface area (Å²) in [6.07, 6.45) is 1.81. The van der Waals surface area contributed by atoms with Crippen molar-refractivity contribution >= 4 is 11.6 Å². The second kappa shape index (κ2) is 8.01. The average molecular weight is 353 g/mol. The van der Waals surface area contributed by atoms with Crippen LogP contribution in [0.4, 0.5) is 0 Å². The van der Waals surface area contributed by atoms with Crippen LogP contribution in [0.25, 0.3) is 5.65 Å². The fraction of sp³-hybridized carbons (Fsp3) is 0.300. The van der Waals surface area contributed by atoms with Gasteiger partial charge in [0.15, 0.2) is 11.4 Å². The molecule has 2 heterocycles. The van der Waals surface area contributed by atoms with E-state index in [2.05, 4.69) is 4.98 Å². The van der Waals surface area contributed by atoms with Crippen molar-refractivity contribution in [3.63, 3.8) is 0 Å². The Bertz CT molecular complexity index is 890. The highest BCUT2D eigenvalue weighted by molar-refractivity contribution is 5.95. The molecule has 1 amide bonds. The third-order valence-corrected chi connectivity index (χ3v) is 4.16. The molecule has 1 aromatic carbocycles. The molecule has 26 heavy (non-hydrogen) atoms. The van der Waals surface area contributed by atoms with Crippen LogP contribution in [0, 0.1) is 6.92 Å². The van der Waals surface area contributed by atoms with E-state index in [1.165, 1.54) is 0 Å². The lowest BCUT2D eigenvalue weighted by molar-refractivity contribution is 0.0700. The van der Waals surface area contributed by atoms with Crippen molar-refractivity contribution in [3.8, 4) is 5.75 Å². The van der Waals surface area contributed by atoms with Crippen molar-refractivity contribution < 1.29 is 14.6 Å². The molecule has 0 aliphatic carbocycles. The van der Waals surface area contributed by atoms with Crippen LogP contribution in [0.1, 0.15) is 28.7 Å². The third-order valence-electron chi connectivity index (χ3n) is 4.16. The van der Waals surface area contributed by atoms with E-state index < -0.39 is 0 Å². The molecule has 3 rings (SSSR count). The van der Waals surface area contributed by atoms with Crippen LogP contribution in [0.3, 0.4) is 0 Å². The number of rotatable bonds is 7. The van der Waals surface area contributed by atoms with Gasteiger partial charge in [0.1, 0.15) is 5.69 Å². The normalized spacial score (nSPS) is 10.9. The number of aromatic nitrogens is 2. The van der Waals surface area contributed by atoms with Gasteiger partial charge in [-0.25, -0.2) is 4.98 Å². The van der Waals surface area contributed by atoms with E-state index in [9.17, 15) is 9.90 Å². The molecule has 0 atom stereocenters. The molecule has 1 N–H and O–H groups in total. The molecular weight excluding hydrogens is 330 g/mol. The SMILES string of the molecule is CCOc1cccn2c(C(=O)N(CCO)Cc3ccccc3)c(C)nc12. The van der Waals surface area contributed by atoms with E-state index >= 15 is 0 Å². The molecule has 136 valence electrons.